The van der Waals surface area contributed by atoms with Crippen LogP contribution in [0.1, 0.15) is 38.5 Å². The van der Waals surface area contributed by atoms with Gasteiger partial charge in [0.05, 0.1) is 17.0 Å². The van der Waals surface area contributed by atoms with Crippen LogP contribution in [0.15, 0.2) is 89.8 Å². The smallest absolute Gasteiger partial charge is 0.243 e. The Labute approximate surface area is 245 Å². The summed E-state index contributed by atoms with van der Waals surface area (Å²) in [7, 11) is -3.87. The number of piperidine rings is 1. The Balaban J connectivity index is 1.12. The second-order valence-corrected chi connectivity index (χ2v) is 13.1. The number of sulfonamides is 1. The molecule has 1 saturated carbocycles. The number of hydrogen-bond donors (Lipinski definition) is 0. The first-order valence-corrected chi connectivity index (χ1v) is 15.9. The van der Waals surface area contributed by atoms with E-state index in [9.17, 15) is 13.2 Å². The highest BCUT2D eigenvalue weighted by atomic mass is 35.5. The van der Waals surface area contributed by atoms with Gasteiger partial charge in [0.1, 0.15) is 23.9 Å². The summed E-state index contributed by atoms with van der Waals surface area (Å²) in [5.41, 5.74) is 2.08. The number of fused-ring (bicyclic) bond motifs is 1. The molecule has 212 valence electrons. The lowest BCUT2D eigenvalue weighted by molar-refractivity contribution is -0.112. The second kappa shape index (κ2) is 11.8. The molecule has 1 saturated heterocycles. The molecule has 2 atom stereocenters. The maximum absolute atomic E-state index is 13.6. The van der Waals surface area contributed by atoms with Crippen molar-refractivity contribution in [3.8, 4) is 22.6 Å². The van der Waals surface area contributed by atoms with Crippen molar-refractivity contribution >= 4 is 38.7 Å². The molecule has 4 aromatic carbocycles. The number of nitrogens with zero attached hydrogens (tertiary/aromatic N) is 1. The van der Waals surface area contributed by atoms with Gasteiger partial charge in [0.2, 0.25) is 10.0 Å². The van der Waals surface area contributed by atoms with Crippen LogP contribution in [0.5, 0.6) is 11.5 Å². The van der Waals surface area contributed by atoms with E-state index in [0.29, 0.717) is 23.5 Å². The van der Waals surface area contributed by atoms with Gasteiger partial charge in [-0.05, 0) is 103 Å². The largest absolute Gasteiger partial charge is 0.490 e. The number of aldehydes is 1. The molecule has 0 amide bonds. The van der Waals surface area contributed by atoms with Crippen LogP contribution in [0.3, 0.4) is 0 Å². The molecule has 0 aromatic heterocycles. The van der Waals surface area contributed by atoms with Crippen LogP contribution in [0.2, 0.25) is 5.02 Å². The Hall–Kier alpha value is -3.39. The number of hydrogen-bond acceptors (Lipinski definition) is 5. The Kier molecular flexibility index (Phi) is 8.02. The van der Waals surface area contributed by atoms with Crippen LogP contribution in [0.25, 0.3) is 21.9 Å². The van der Waals surface area contributed by atoms with Crippen molar-refractivity contribution in [3.05, 3.63) is 90.0 Å². The zero-order chi connectivity index (χ0) is 28.4. The molecule has 0 radical (unpaired) electrons. The average Bonchev–Trinajstić information content (AvgIpc) is 3.50. The van der Waals surface area contributed by atoms with E-state index in [1.165, 1.54) is 17.1 Å². The van der Waals surface area contributed by atoms with Crippen molar-refractivity contribution in [2.24, 2.45) is 0 Å². The molecule has 2 aliphatic rings. The fraction of sp³-hybridized carbons (Fsp3) is 0.303. The van der Waals surface area contributed by atoms with Crippen LogP contribution >= 0.6 is 11.6 Å². The van der Waals surface area contributed by atoms with E-state index in [0.717, 1.165) is 40.5 Å². The lowest BCUT2D eigenvalue weighted by Crippen LogP contribution is -2.49. The van der Waals surface area contributed by atoms with E-state index in [1.807, 2.05) is 72.8 Å². The normalized spacial score (nSPS) is 20.2. The van der Waals surface area contributed by atoms with Gasteiger partial charge in [-0.15, -0.1) is 0 Å². The molecule has 8 heteroatoms. The summed E-state index contributed by atoms with van der Waals surface area (Å²) < 4.78 is 40.9. The van der Waals surface area contributed by atoms with Gasteiger partial charge in [0.15, 0.2) is 0 Å². The quantitative estimate of drug-likeness (QED) is 0.202. The lowest BCUT2D eigenvalue weighted by atomic mass is 10.0. The molecule has 1 heterocycles. The van der Waals surface area contributed by atoms with Gasteiger partial charge < -0.3 is 14.3 Å². The summed E-state index contributed by atoms with van der Waals surface area (Å²) in [6.45, 7) is 0.200. The van der Waals surface area contributed by atoms with Crippen LogP contribution < -0.4 is 9.47 Å². The first-order valence-electron chi connectivity index (χ1n) is 14.1. The van der Waals surface area contributed by atoms with Crippen LogP contribution in [-0.4, -0.2) is 43.8 Å². The van der Waals surface area contributed by atoms with Gasteiger partial charge in [-0.1, -0.05) is 48.0 Å². The number of benzene rings is 4. The summed E-state index contributed by atoms with van der Waals surface area (Å²) in [5.74, 6) is 1.49. The van der Waals surface area contributed by atoms with Crippen molar-refractivity contribution in [2.75, 3.05) is 6.54 Å². The van der Waals surface area contributed by atoms with Gasteiger partial charge in [-0.2, -0.15) is 4.31 Å². The maximum Gasteiger partial charge on any atom is 0.243 e. The first-order chi connectivity index (χ1) is 19.9. The highest BCUT2D eigenvalue weighted by Crippen LogP contribution is 2.32. The van der Waals surface area contributed by atoms with Crippen molar-refractivity contribution in [1.29, 1.82) is 0 Å². The number of rotatable bonds is 8. The number of carbonyl (C=O) groups excluding carboxylic acids is 1. The third-order valence-electron chi connectivity index (χ3n) is 8.03. The lowest BCUT2D eigenvalue weighted by Gasteiger charge is -2.35. The minimum absolute atomic E-state index is 0.179. The van der Waals surface area contributed by atoms with E-state index in [4.69, 9.17) is 21.1 Å². The summed E-state index contributed by atoms with van der Waals surface area (Å²) in [4.78, 5) is 12.3. The molecule has 0 N–H and O–H groups in total. The number of carbonyl (C=O) groups is 1. The van der Waals surface area contributed by atoms with Gasteiger partial charge in [-0.3, -0.25) is 0 Å². The van der Waals surface area contributed by atoms with Crippen LogP contribution in [0.4, 0.5) is 0 Å². The molecule has 41 heavy (non-hydrogen) atoms. The summed E-state index contributed by atoms with van der Waals surface area (Å²) >= 11 is 5.99. The molecular formula is C33H32ClNO5S. The van der Waals surface area contributed by atoms with E-state index in [-0.39, 0.29) is 30.1 Å². The predicted octanol–water partition coefficient (Wildman–Crippen LogP) is 7.28. The van der Waals surface area contributed by atoms with Crippen LogP contribution in [0, 0.1) is 0 Å². The third kappa shape index (κ3) is 6.13. The summed E-state index contributed by atoms with van der Waals surface area (Å²) in [6, 6.07) is 25.4. The van der Waals surface area contributed by atoms with E-state index in [2.05, 4.69) is 0 Å². The van der Waals surface area contributed by atoms with Crippen molar-refractivity contribution in [3.63, 3.8) is 0 Å². The average molecular weight is 590 g/mol. The first kappa shape index (κ1) is 27.8. The molecule has 0 unspecified atom stereocenters. The van der Waals surface area contributed by atoms with Crippen molar-refractivity contribution in [1.82, 2.24) is 4.31 Å². The fourth-order valence-electron chi connectivity index (χ4n) is 5.80. The Morgan fingerprint density at radius 3 is 2.05 bits per heavy atom. The highest BCUT2D eigenvalue weighted by Gasteiger charge is 2.37. The second-order valence-electron chi connectivity index (χ2n) is 10.8. The van der Waals surface area contributed by atoms with Gasteiger partial charge in [0, 0.05) is 18.0 Å². The zero-order valence-corrected chi connectivity index (χ0v) is 24.2. The topological polar surface area (TPSA) is 72.9 Å². The molecule has 1 aliphatic carbocycles. The molecule has 2 fully saturated rings. The minimum Gasteiger partial charge on any atom is -0.490 e. The monoisotopic (exact) mass is 589 g/mol. The molecule has 6 rings (SSSR count). The highest BCUT2D eigenvalue weighted by molar-refractivity contribution is 7.89. The number of ether oxygens (including phenoxy) is 2. The predicted molar refractivity (Wildman–Crippen MR) is 161 cm³/mol. The van der Waals surface area contributed by atoms with Crippen molar-refractivity contribution < 1.29 is 22.7 Å². The molecule has 0 bridgehead atoms. The van der Waals surface area contributed by atoms with E-state index < -0.39 is 16.1 Å². The summed E-state index contributed by atoms with van der Waals surface area (Å²) in [5, 5.41) is 2.42. The van der Waals surface area contributed by atoms with E-state index >= 15 is 0 Å². The van der Waals surface area contributed by atoms with Gasteiger partial charge >= 0.3 is 0 Å². The molecule has 0 spiro atoms. The third-order valence-corrected chi connectivity index (χ3v) is 10.2. The molecule has 1 aliphatic heterocycles. The van der Waals surface area contributed by atoms with Gasteiger partial charge in [0.25, 0.3) is 0 Å². The van der Waals surface area contributed by atoms with Gasteiger partial charge in [-0.25, -0.2) is 8.42 Å². The zero-order valence-electron chi connectivity index (χ0n) is 22.6. The Morgan fingerprint density at radius 1 is 0.732 bits per heavy atom. The molecule has 6 nitrogen and oxygen atoms in total. The molecule has 4 aromatic rings. The summed E-state index contributed by atoms with van der Waals surface area (Å²) in [6.07, 6.45) is 6.02. The standard InChI is InChI=1S/C33H32ClNO5S/c34-27-11-5-23(6-12-27)24-7-13-30(14-8-24)40-32-17-18-35(28(21-32)22-36)41(37,38)33-16-10-25-19-31(15-9-26(25)20-33)39-29-3-1-2-4-29/h5-16,19-20,22,28-29,32H,1-4,17-18,21H2/t28-,32+/m0/s1. The van der Waals surface area contributed by atoms with Crippen molar-refractivity contribution in [2.45, 2.75) is 61.7 Å². The Bertz CT molecular complexity index is 1630. The van der Waals surface area contributed by atoms with E-state index in [1.54, 1.807) is 12.1 Å². The SMILES string of the molecule is O=C[C@@H]1C[C@H](Oc2ccc(-c3ccc(Cl)cc3)cc2)CCN1S(=O)(=O)c1ccc2cc(OC3CCCC3)ccc2c1. The number of halogens is 1. The minimum atomic E-state index is -3.87. The Morgan fingerprint density at radius 2 is 1.34 bits per heavy atom. The fourth-order valence-corrected chi connectivity index (χ4v) is 7.55. The maximum atomic E-state index is 13.6. The van der Waals surface area contributed by atoms with Crippen LogP contribution in [-0.2, 0) is 14.8 Å². The molecular weight excluding hydrogens is 558 g/mol.